The Morgan fingerprint density at radius 2 is 1.57 bits per heavy atom. The van der Waals surface area contributed by atoms with Crippen molar-refractivity contribution >= 4 is 39.3 Å². The second-order valence-corrected chi connectivity index (χ2v) is 8.26. The molecule has 7 heteroatoms. The van der Waals surface area contributed by atoms with Crippen LogP contribution >= 0.6 is 24.0 Å². The van der Waals surface area contributed by atoms with Crippen LogP contribution in [0, 0.1) is 0 Å². The average molecular weight is 434 g/mol. The Bertz CT molecular complexity index is 1160. The number of benzene rings is 1. The molecule has 150 valence electrons. The number of pyridine rings is 2. The topological polar surface area (TPSA) is 59.2 Å². The van der Waals surface area contributed by atoms with E-state index in [0.717, 1.165) is 16.8 Å². The molecule has 0 bridgehead atoms. The summed E-state index contributed by atoms with van der Waals surface area (Å²) in [5.74, 6) is 0.437. The van der Waals surface area contributed by atoms with Crippen LogP contribution in [0.15, 0.2) is 88.3 Å². The van der Waals surface area contributed by atoms with E-state index in [-0.39, 0.29) is 5.63 Å². The van der Waals surface area contributed by atoms with Crippen molar-refractivity contribution in [2.45, 2.75) is 18.8 Å². The Kier molecular flexibility index (Phi) is 6.51. The first-order chi connectivity index (χ1) is 14.7. The molecule has 0 unspecified atom stereocenters. The normalized spacial score (nSPS) is 10.8. The molecule has 3 aromatic heterocycles. The number of thiocarbonyl (C=S) groups is 1. The third-order valence-electron chi connectivity index (χ3n) is 4.48. The van der Waals surface area contributed by atoms with Gasteiger partial charge in [0.15, 0.2) is 0 Å². The molecule has 30 heavy (non-hydrogen) atoms. The van der Waals surface area contributed by atoms with E-state index < -0.39 is 0 Å². The molecule has 0 aliphatic rings. The molecular formula is C23H19N3O2S2. The largest absolute Gasteiger partial charge is 0.423 e. The monoisotopic (exact) mass is 433 g/mol. The molecule has 0 amide bonds. The van der Waals surface area contributed by atoms with E-state index in [0.29, 0.717) is 34.3 Å². The molecule has 0 atom stereocenters. The van der Waals surface area contributed by atoms with Crippen molar-refractivity contribution < 1.29 is 4.42 Å². The first-order valence-corrected chi connectivity index (χ1v) is 10.8. The molecule has 5 nitrogen and oxygen atoms in total. The van der Waals surface area contributed by atoms with Crippen molar-refractivity contribution in [3.63, 3.8) is 0 Å². The number of fused-ring (bicyclic) bond motifs is 1. The van der Waals surface area contributed by atoms with E-state index in [1.165, 1.54) is 11.8 Å². The van der Waals surface area contributed by atoms with Crippen LogP contribution in [0.25, 0.3) is 11.0 Å². The van der Waals surface area contributed by atoms with Crippen molar-refractivity contribution in [1.82, 2.24) is 14.9 Å². The third-order valence-corrected chi connectivity index (χ3v) is 6.05. The summed E-state index contributed by atoms with van der Waals surface area (Å²) in [5, 5.41) is 0.900. The Balaban J connectivity index is 1.51. The quantitative estimate of drug-likeness (QED) is 0.320. The van der Waals surface area contributed by atoms with Crippen molar-refractivity contribution in [3.05, 3.63) is 106 Å². The molecular weight excluding hydrogens is 414 g/mol. The van der Waals surface area contributed by atoms with Crippen LogP contribution in [0.1, 0.15) is 17.0 Å². The van der Waals surface area contributed by atoms with Gasteiger partial charge in [0, 0.05) is 29.1 Å². The zero-order chi connectivity index (χ0) is 20.8. The van der Waals surface area contributed by atoms with Gasteiger partial charge in [0.25, 0.3) is 0 Å². The molecule has 0 spiro atoms. The maximum atomic E-state index is 12.3. The molecule has 0 saturated carbocycles. The minimum absolute atomic E-state index is 0.329. The van der Waals surface area contributed by atoms with Gasteiger partial charge in [0.1, 0.15) is 9.90 Å². The Labute approximate surface area is 183 Å². The first-order valence-electron chi connectivity index (χ1n) is 9.42. The van der Waals surface area contributed by atoms with Crippen LogP contribution in [0.4, 0.5) is 0 Å². The summed E-state index contributed by atoms with van der Waals surface area (Å²) >= 11 is 7.15. The predicted molar refractivity (Wildman–Crippen MR) is 124 cm³/mol. The summed E-state index contributed by atoms with van der Waals surface area (Å²) in [6.07, 6.45) is 3.54. The lowest BCUT2D eigenvalue weighted by atomic mass is 10.2. The Morgan fingerprint density at radius 3 is 2.20 bits per heavy atom. The van der Waals surface area contributed by atoms with Gasteiger partial charge in [-0.1, -0.05) is 54.3 Å². The molecule has 0 N–H and O–H groups in total. The van der Waals surface area contributed by atoms with Gasteiger partial charge in [-0.15, -0.1) is 0 Å². The second kappa shape index (κ2) is 9.65. The van der Waals surface area contributed by atoms with Crippen molar-refractivity contribution in [1.29, 1.82) is 0 Å². The van der Waals surface area contributed by atoms with Gasteiger partial charge in [0.2, 0.25) is 0 Å². The van der Waals surface area contributed by atoms with Crippen LogP contribution in [0.3, 0.4) is 0 Å². The third kappa shape index (κ3) is 5.11. The first kappa shape index (κ1) is 20.3. The minimum Gasteiger partial charge on any atom is -0.423 e. The van der Waals surface area contributed by atoms with Gasteiger partial charge in [-0.3, -0.25) is 9.97 Å². The van der Waals surface area contributed by atoms with Crippen LogP contribution < -0.4 is 5.63 Å². The van der Waals surface area contributed by atoms with Gasteiger partial charge in [-0.05, 0) is 36.4 Å². The lowest BCUT2D eigenvalue weighted by molar-refractivity contribution is 0.410. The fourth-order valence-corrected chi connectivity index (χ4v) is 4.09. The summed E-state index contributed by atoms with van der Waals surface area (Å²) in [6, 6.07) is 21.0. The Morgan fingerprint density at radius 1 is 0.933 bits per heavy atom. The SMILES string of the molecule is O=c1oc2ccccc2cc1CSC(=S)N(Cc1ccccn1)Cc1ccccn1. The van der Waals surface area contributed by atoms with Crippen LogP contribution in [0.2, 0.25) is 0 Å². The maximum absolute atomic E-state index is 12.3. The van der Waals surface area contributed by atoms with Crippen molar-refractivity contribution in [2.75, 3.05) is 0 Å². The number of thioether (sulfide) groups is 1. The zero-order valence-electron chi connectivity index (χ0n) is 16.1. The summed E-state index contributed by atoms with van der Waals surface area (Å²) in [5.41, 5.74) is 2.69. The molecule has 0 saturated heterocycles. The number of hydrogen-bond acceptors (Lipinski definition) is 6. The van der Waals surface area contributed by atoms with Gasteiger partial charge < -0.3 is 9.32 Å². The van der Waals surface area contributed by atoms with Crippen molar-refractivity contribution in [3.8, 4) is 0 Å². The highest BCUT2D eigenvalue weighted by Crippen LogP contribution is 2.21. The minimum atomic E-state index is -0.329. The van der Waals surface area contributed by atoms with Crippen LogP contribution in [0.5, 0.6) is 0 Å². The number of aromatic nitrogens is 2. The van der Waals surface area contributed by atoms with E-state index in [4.69, 9.17) is 16.6 Å². The van der Waals surface area contributed by atoms with E-state index >= 15 is 0 Å². The number of para-hydroxylation sites is 1. The van der Waals surface area contributed by atoms with E-state index in [1.54, 1.807) is 18.5 Å². The summed E-state index contributed by atoms with van der Waals surface area (Å²) in [6.45, 7) is 1.13. The lowest BCUT2D eigenvalue weighted by Gasteiger charge is -2.24. The van der Waals surface area contributed by atoms with Crippen LogP contribution in [-0.4, -0.2) is 19.2 Å². The standard InChI is InChI=1S/C23H19N3O2S2/c27-22-18(13-17-7-1-2-10-21(17)28-22)16-30-23(29)26(14-19-8-3-5-11-24-19)15-20-9-4-6-12-25-20/h1-13H,14-16H2. The highest BCUT2D eigenvalue weighted by Gasteiger charge is 2.15. The highest BCUT2D eigenvalue weighted by molar-refractivity contribution is 8.22. The zero-order valence-corrected chi connectivity index (χ0v) is 17.7. The number of rotatable bonds is 6. The van der Waals surface area contributed by atoms with E-state index in [9.17, 15) is 4.79 Å². The number of hydrogen-bond donors (Lipinski definition) is 0. The molecule has 4 rings (SSSR count). The van der Waals surface area contributed by atoms with E-state index in [1.807, 2.05) is 65.6 Å². The molecule has 3 heterocycles. The highest BCUT2D eigenvalue weighted by atomic mass is 32.2. The van der Waals surface area contributed by atoms with E-state index in [2.05, 4.69) is 9.97 Å². The van der Waals surface area contributed by atoms with Crippen molar-refractivity contribution in [2.24, 2.45) is 0 Å². The van der Waals surface area contributed by atoms with Gasteiger partial charge >= 0.3 is 5.63 Å². The average Bonchev–Trinajstić information content (AvgIpc) is 2.78. The van der Waals surface area contributed by atoms with Gasteiger partial charge in [0.05, 0.1) is 24.5 Å². The second-order valence-electron chi connectivity index (χ2n) is 6.65. The number of nitrogens with zero attached hydrogens (tertiary/aromatic N) is 3. The van der Waals surface area contributed by atoms with Gasteiger partial charge in [-0.25, -0.2) is 4.79 Å². The molecule has 0 aliphatic heterocycles. The molecule has 1 aromatic carbocycles. The predicted octanol–water partition coefficient (Wildman–Crippen LogP) is 4.80. The smallest absolute Gasteiger partial charge is 0.340 e. The maximum Gasteiger partial charge on any atom is 0.340 e. The molecule has 0 radical (unpaired) electrons. The van der Waals surface area contributed by atoms with Gasteiger partial charge in [-0.2, -0.15) is 0 Å². The summed E-state index contributed by atoms with van der Waals surface area (Å²) in [4.78, 5) is 23.2. The summed E-state index contributed by atoms with van der Waals surface area (Å²) in [7, 11) is 0. The fourth-order valence-electron chi connectivity index (χ4n) is 3.00. The molecule has 0 fully saturated rings. The fraction of sp³-hybridized carbons (Fsp3) is 0.130. The Hall–Kier alpha value is -3.03. The molecule has 0 aliphatic carbocycles. The van der Waals surface area contributed by atoms with Crippen LogP contribution in [-0.2, 0) is 18.8 Å². The summed E-state index contributed by atoms with van der Waals surface area (Å²) < 4.78 is 6.11. The lowest BCUT2D eigenvalue weighted by Crippen LogP contribution is -2.27. The molecule has 4 aromatic rings.